The van der Waals surface area contributed by atoms with Crippen molar-refractivity contribution in [1.29, 1.82) is 0 Å². The Morgan fingerprint density at radius 3 is 2.41 bits per heavy atom. The van der Waals surface area contributed by atoms with Gasteiger partial charge in [0.15, 0.2) is 0 Å². The van der Waals surface area contributed by atoms with E-state index >= 15 is 0 Å². The van der Waals surface area contributed by atoms with Gasteiger partial charge in [0.2, 0.25) is 0 Å². The molecular formula is C28H30N4O2. The molecule has 6 heteroatoms. The van der Waals surface area contributed by atoms with Crippen LogP contribution in [0.1, 0.15) is 56.7 Å². The van der Waals surface area contributed by atoms with Gasteiger partial charge in [0, 0.05) is 48.1 Å². The number of aryl methyl sites for hydroxylation is 2. The minimum Gasteiger partial charge on any atom is -0.383 e. The molecule has 0 saturated carbocycles. The lowest BCUT2D eigenvalue weighted by molar-refractivity contribution is 0.0722. The molecule has 0 radical (unpaired) electrons. The summed E-state index contributed by atoms with van der Waals surface area (Å²) < 4.78 is 0. The Morgan fingerprint density at radius 1 is 0.941 bits per heavy atom. The summed E-state index contributed by atoms with van der Waals surface area (Å²) in [5, 5.41) is 2.88. The number of nitrogens with zero attached hydrogens (tertiary/aromatic N) is 2. The highest BCUT2D eigenvalue weighted by atomic mass is 16.2. The van der Waals surface area contributed by atoms with Crippen molar-refractivity contribution in [1.82, 2.24) is 15.2 Å². The monoisotopic (exact) mass is 454 g/mol. The zero-order valence-corrected chi connectivity index (χ0v) is 19.8. The molecule has 2 aliphatic rings. The summed E-state index contributed by atoms with van der Waals surface area (Å²) in [5.74, 6) is 0.558. The van der Waals surface area contributed by atoms with Gasteiger partial charge < -0.3 is 16.0 Å². The van der Waals surface area contributed by atoms with E-state index in [1.54, 1.807) is 6.20 Å². The van der Waals surface area contributed by atoms with Crippen LogP contribution in [0, 0.1) is 13.8 Å². The summed E-state index contributed by atoms with van der Waals surface area (Å²) in [4.78, 5) is 31.7. The number of pyridine rings is 1. The highest BCUT2D eigenvalue weighted by Crippen LogP contribution is 2.33. The van der Waals surface area contributed by atoms with E-state index in [9.17, 15) is 9.59 Å². The van der Waals surface area contributed by atoms with Crippen LogP contribution in [0.25, 0.3) is 22.3 Å². The molecule has 1 aromatic heterocycles. The predicted octanol–water partition coefficient (Wildman–Crippen LogP) is 4.53. The molecule has 174 valence electrons. The number of anilines is 1. The first-order valence-corrected chi connectivity index (χ1v) is 12.0. The van der Waals surface area contributed by atoms with E-state index in [0.29, 0.717) is 12.4 Å². The normalized spacial score (nSPS) is 15.6. The fourth-order valence-electron chi connectivity index (χ4n) is 5.18. The number of rotatable bonds is 3. The van der Waals surface area contributed by atoms with E-state index in [1.807, 2.05) is 43.0 Å². The molecule has 0 aliphatic carbocycles. The summed E-state index contributed by atoms with van der Waals surface area (Å²) in [6.45, 7) is 6.34. The molecule has 0 unspecified atom stereocenters. The molecule has 1 fully saturated rings. The summed E-state index contributed by atoms with van der Waals surface area (Å²) in [6.07, 6.45) is 5.94. The van der Waals surface area contributed by atoms with Crippen molar-refractivity contribution in [3.8, 4) is 22.3 Å². The summed E-state index contributed by atoms with van der Waals surface area (Å²) >= 11 is 0. The van der Waals surface area contributed by atoms with Crippen LogP contribution in [-0.2, 0) is 6.42 Å². The minimum absolute atomic E-state index is 0.0298. The Balaban J connectivity index is 1.50. The zero-order chi connectivity index (χ0) is 23.8. The number of nitrogens with two attached hydrogens (primary N) is 1. The standard InChI is InChI=1S/C28H30N4O2/c1-17-12-21(13-18(2)25(17)28(34)32-10-4-3-5-11-32)22-15-24(26(29)31-16-22)19-6-7-23-20(14-19)8-9-30-27(23)33/h6-7,12-16H,3-5,8-11H2,1-2H3,(H2,29,31)(H,30,33). The third-order valence-electron chi connectivity index (χ3n) is 6.98. The van der Waals surface area contributed by atoms with Crippen molar-refractivity contribution < 1.29 is 9.59 Å². The van der Waals surface area contributed by atoms with Crippen LogP contribution >= 0.6 is 0 Å². The number of hydrogen-bond acceptors (Lipinski definition) is 4. The van der Waals surface area contributed by atoms with Gasteiger partial charge >= 0.3 is 0 Å². The molecule has 2 aromatic carbocycles. The Hall–Kier alpha value is -3.67. The van der Waals surface area contributed by atoms with Gasteiger partial charge in [0.1, 0.15) is 5.82 Å². The van der Waals surface area contributed by atoms with E-state index in [-0.39, 0.29) is 11.8 Å². The van der Waals surface area contributed by atoms with Crippen molar-refractivity contribution in [2.45, 2.75) is 39.5 Å². The smallest absolute Gasteiger partial charge is 0.254 e. The van der Waals surface area contributed by atoms with E-state index in [0.717, 1.165) is 82.4 Å². The molecule has 2 aliphatic heterocycles. The van der Waals surface area contributed by atoms with E-state index < -0.39 is 0 Å². The topological polar surface area (TPSA) is 88.3 Å². The molecule has 0 spiro atoms. The molecule has 3 N–H and O–H groups in total. The highest BCUT2D eigenvalue weighted by Gasteiger charge is 2.22. The van der Waals surface area contributed by atoms with Crippen molar-refractivity contribution in [3.05, 3.63) is 70.4 Å². The fraction of sp³-hybridized carbons (Fsp3) is 0.321. The maximum atomic E-state index is 13.2. The van der Waals surface area contributed by atoms with Crippen molar-refractivity contribution in [3.63, 3.8) is 0 Å². The molecule has 34 heavy (non-hydrogen) atoms. The number of carbonyl (C=O) groups excluding carboxylic acids is 2. The Morgan fingerprint density at radius 2 is 1.68 bits per heavy atom. The molecule has 5 rings (SSSR count). The van der Waals surface area contributed by atoms with Gasteiger partial charge in [0.25, 0.3) is 11.8 Å². The largest absolute Gasteiger partial charge is 0.383 e. The van der Waals surface area contributed by atoms with E-state index in [4.69, 9.17) is 5.73 Å². The first-order chi connectivity index (χ1) is 16.4. The summed E-state index contributed by atoms with van der Waals surface area (Å²) in [5.41, 5.74) is 14.5. The Kier molecular flexibility index (Phi) is 5.82. The van der Waals surface area contributed by atoms with Crippen molar-refractivity contribution in [2.24, 2.45) is 0 Å². The van der Waals surface area contributed by atoms with Crippen LogP contribution in [0.15, 0.2) is 42.6 Å². The molecule has 3 aromatic rings. The van der Waals surface area contributed by atoms with Gasteiger partial charge in [-0.1, -0.05) is 24.3 Å². The van der Waals surface area contributed by atoms with Gasteiger partial charge in [-0.2, -0.15) is 0 Å². The Bertz CT molecular complexity index is 1270. The number of nitrogen functional groups attached to an aromatic ring is 1. The van der Waals surface area contributed by atoms with Gasteiger partial charge in [-0.25, -0.2) is 4.98 Å². The lowest BCUT2D eigenvalue weighted by Gasteiger charge is -2.28. The van der Waals surface area contributed by atoms with Crippen LogP contribution in [0.5, 0.6) is 0 Å². The molecule has 0 atom stereocenters. The lowest BCUT2D eigenvalue weighted by atomic mass is 9.92. The number of likely N-dealkylation sites (tertiary alicyclic amines) is 1. The number of fused-ring (bicyclic) bond motifs is 1. The number of piperidine rings is 1. The number of benzene rings is 2. The average Bonchev–Trinajstić information content (AvgIpc) is 2.84. The van der Waals surface area contributed by atoms with Gasteiger partial charge in [-0.05, 0) is 79.5 Å². The van der Waals surface area contributed by atoms with Crippen LogP contribution in [0.4, 0.5) is 5.82 Å². The zero-order valence-electron chi connectivity index (χ0n) is 19.8. The number of aromatic nitrogens is 1. The molecule has 6 nitrogen and oxygen atoms in total. The number of amides is 2. The SMILES string of the molecule is Cc1cc(-c2cnc(N)c(-c3ccc4c(c3)CCNC4=O)c2)cc(C)c1C(=O)N1CCCCC1. The predicted molar refractivity (Wildman–Crippen MR) is 135 cm³/mol. The second kappa shape index (κ2) is 8.93. The van der Waals surface area contributed by atoms with E-state index in [1.165, 1.54) is 6.42 Å². The minimum atomic E-state index is -0.0298. The van der Waals surface area contributed by atoms with E-state index in [2.05, 4.69) is 22.4 Å². The molecule has 2 amide bonds. The first kappa shape index (κ1) is 22.1. The van der Waals surface area contributed by atoms with Crippen LogP contribution < -0.4 is 11.1 Å². The molecule has 0 bridgehead atoms. The summed E-state index contributed by atoms with van der Waals surface area (Å²) in [6, 6.07) is 12.0. The third-order valence-corrected chi connectivity index (χ3v) is 6.98. The first-order valence-electron chi connectivity index (χ1n) is 12.0. The molecule has 1 saturated heterocycles. The second-order valence-electron chi connectivity index (χ2n) is 9.37. The molecule has 3 heterocycles. The maximum Gasteiger partial charge on any atom is 0.254 e. The number of hydrogen-bond donors (Lipinski definition) is 2. The third kappa shape index (κ3) is 4.04. The lowest BCUT2D eigenvalue weighted by Crippen LogP contribution is -2.36. The average molecular weight is 455 g/mol. The van der Waals surface area contributed by atoms with Gasteiger partial charge in [-0.3, -0.25) is 9.59 Å². The van der Waals surface area contributed by atoms with Crippen LogP contribution in [0.3, 0.4) is 0 Å². The highest BCUT2D eigenvalue weighted by molar-refractivity contribution is 5.98. The quantitative estimate of drug-likeness (QED) is 0.609. The molecular weight excluding hydrogens is 424 g/mol. The van der Waals surface area contributed by atoms with Gasteiger partial charge in [-0.15, -0.1) is 0 Å². The van der Waals surface area contributed by atoms with Crippen molar-refractivity contribution >= 4 is 17.6 Å². The van der Waals surface area contributed by atoms with Crippen LogP contribution in [-0.4, -0.2) is 41.3 Å². The number of nitrogens with one attached hydrogen (secondary N) is 1. The van der Waals surface area contributed by atoms with Gasteiger partial charge in [0.05, 0.1) is 0 Å². The maximum absolute atomic E-state index is 13.2. The number of carbonyl (C=O) groups is 2. The summed E-state index contributed by atoms with van der Waals surface area (Å²) in [7, 11) is 0. The Labute approximate surface area is 200 Å². The fourth-order valence-corrected chi connectivity index (χ4v) is 5.18. The van der Waals surface area contributed by atoms with Crippen molar-refractivity contribution in [2.75, 3.05) is 25.4 Å². The van der Waals surface area contributed by atoms with Crippen LogP contribution in [0.2, 0.25) is 0 Å². The second-order valence-corrected chi connectivity index (χ2v) is 9.37.